The van der Waals surface area contributed by atoms with Crippen molar-refractivity contribution in [3.63, 3.8) is 0 Å². The van der Waals surface area contributed by atoms with Crippen LogP contribution in [0.25, 0.3) is 0 Å². The van der Waals surface area contributed by atoms with E-state index in [4.69, 9.17) is 4.74 Å². The molecule has 0 aromatic carbocycles. The molecule has 0 spiro atoms. The highest BCUT2D eigenvalue weighted by molar-refractivity contribution is 7.13. The van der Waals surface area contributed by atoms with E-state index < -0.39 is 13.0 Å². The van der Waals surface area contributed by atoms with Crippen molar-refractivity contribution in [2.75, 3.05) is 19.7 Å². The molecule has 0 atom stereocenters. The van der Waals surface area contributed by atoms with Crippen LogP contribution in [0.4, 0.5) is 8.78 Å². The van der Waals surface area contributed by atoms with Crippen molar-refractivity contribution in [1.82, 2.24) is 24.8 Å². The highest BCUT2D eigenvalue weighted by Crippen LogP contribution is 2.31. The molecule has 1 N–H and O–H groups in total. The molecular formula is C21H29F2N5O2S. The van der Waals surface area contributed by atoms with Crippen LogP contribution in [0.15, 0.2) is 18.7 Å². The highest BCUT2D eigenvalue weighted by Gasteiger charge is 2.25. The number of carbonyl (C=O) groups is 1. The summed E-state index contributed by atoms with van der Waals surface area (Å²) in [6.07, 6.45) is 9.03. The molecular weight excluding hydrogens is 424 g/mol. The highest BCUT2D eigenvalue weighted by atomic mass is 32.1. The fourth-order valence-corrected chi connectivity index (χ4v) is 5.31. The van der Waals surface area contributed by atoms with Gasteiger partial charge in [-0.05, 0) is 51.0 Å². The zero-order valence-electron chi connectivity index (χ0n) is 17.5. The SMILES string of the molecule is O=C(Cn1ccnc1)N[C@H]1CC[C@H](CCN2CCc3sc(OCC(F)F)nc3C2)CC1. The number of amides is 1. The van der Waals surface area contributed by atoms with Crippen LogP contribution in [-0.4, -0.2) is 57.5 Å². The molecule has 1 saturated carbocycles. The summed E-state index contributed by atoms with van der Waals surface area (Å²) in [5, 5.41) is 3.51. The number of imidazole rings is 1. The molecule has 2 aromatic rings. The molecule has 2 aliphatic rings. The quantitative estimate of drug-likeness (QED) is 0.632. The number of aromatic nitrogens is 3. The number of alkyl halides is 2. The van der Waals surface area contributed by atoms with Gasteiger partial charge in [-0.3, -0.25) is 9.69 Å². The molecule has 1 aliphatic carbocycles. The fraction of sp³-hybridized carbons (Fsp3) is 0.667. The molecule has 7 nitrogen and oxygen atoms in total. The Balaban J connectivity index is 1.15. The lowest BCUT2D eigenvalue weighted by Crippen LogP contribution is -2.39. The van der Waals surface area contributed by atoms with E-state index in [1.165, 1.54) is 11.3 Å². The maximum absolute atomic E-state index is 12.3. The average Bonchev–Trinajstić information content (AvgIpc) is 3.40. The Morgan fingerprint density at radius 2 is 2.16 bits per heavy atom. The minimum absolute atomic E-state index is 0.0470. The normalized spacial score (nSPS) is 21.8. The number of halogens is 2. The molecule has 0 radical (unpaired) electrons. The zero-order chi connectivity index (χ0) is 21.6. The molecule has 4 rings (SSSR count). The van der Waals surface area contributed by atoms with Gasteiger partial charge in [-0.15, -0.1) is 0 Å². The van der Waals surface area contributed by atoms with Gasteiger partial charge < -0.3 is 14.6 Å². The number of ether oxygens (including phenoxy) is 1. The van der Waals surface area contributed by atoms with Gasteiger partial charge in [0.1, 0.15) is 6.54 Å². The Morgan fingerprint density at radius 1 is 1.32 bits per heavy atom. The molecule has 10 heteroatoms. The Labute approximate surface area is 184 Å². The van der Waals surface area contributed by atoms with Crippen molar-refractivity contribution < 1.29 is 18.3 Å². The molecule has 31 heavy (non-hydrogen) atoms. The lowest BCUT2D eigenvalue weighted by Gasteiger charge is -2.32. The lowest BCUT2D eigenvalue weighted by molar-refractivity contribution is -0.122. The van der Waals surface area contributed by atoms with Gasteiger partial charge in [0, 0.05) is 36.4 Å². The van der Waals surface area contributed by atoms with Gasteiger partial charge in [-0.2, -0.15) is 0 Å². The summed E-state index contributed by atoms with van der Waals surface area (Å²) < 4.78 is 31.5. The third-order valence-electron chi connectivity index (χ3n) is 6.07. The molecule has 2 aromatic heterocycles. The van der Waals surface area contributed by atoms with Gasteiger partial charge in [0.25, 0.3) is 11.6 Å². The number of hydrogen-bond donors (Lipinski definition) is 1. The molecule has 0 bridgehead atoms. The van der Waals surface area contributed by atoms with Crippen LogP contribution >= 0.6 is 11.3 Å². The number of nitrogens with zero attached hydrogens (tertiary/aromatic N) is 4. The maximum atomic E-state index is 12.3. The maximum Gasteiger partial charge on any atom is 0.273 e. The van der Waals surface area contributed by atoms with Gasteiger partial charge in [-0.25, -0.2) is 18.7 Å². The molecule has 170 valence electrons. The van der Waals surface area contributed by atoms with Crippen LogP contribution in [0.5, 0.6) is 5.19 Å². The van der Waals surface area contributed by atoms with Gasteiger partial charge >= 0.3 is 0 Å². The Bertz CT molecular complexity index is 837. The van der Waals surface area contributed by atoms with E-state index in [9.17, 15) is 13.6 Å². The lowest BCUT2D eigenvalue weighted by atomic mass is 9.84. The van der Waals surface area contributed by atoms with Crippen LogP contribution in [0.1, 0.15) is 42.7 Å². The third kappa shape index (κ3) is 6.46. The number of fused-ring (bicyclic) bond motifs is 1. The van der Waals surface area contributed by atoms with E-state index in [0.29, 0.717) is 17.7 Å². The Kier molecular flexibility index (Phi) is 7.49. The molecule has 1 aliphatic heterocycles. The minimum atomic E-state index is -2.47. The van der Waals surface area contributed by atoms with E-state index in [1.807, 2.05) is 0 Å². The van der Waals surface area contributed by atoms with Crippen molar-refractivity contribution in [2.45, 2.75) is 64.1 Å². The van der Waals surface area contributed by atoms with Crippen molar-refractivity contribution >= 4 is 17.2 Å². The topological polar surface area (TPSA) is 72.3 Å². The Hall–Kier alpha value is -2.07. The summed E-state index contributed by atoms with van der Waals surface area (Å²) in [6, 6.07) is 0.270. The number of carbonyl (C=O) groups excluding carboxylic acids is 1. The van der Waals surface area contributed by atoms with E-state index in [2.05, 4.69) is 20.2 Å². The minimum Gasteiger partial charge on any atom is -0.464 e. The van der Waals surface area contributed by atoms with Crippen molar-refractivity contribution in [1.29, 1.82) is 0 Å². The van der Waals surface area contributed by atoms with Gasteiger partial charge in [0.2, 0.25) is 5.91 Å². The molecule has 0 unspecified atom stereocenters. The number of thiazole rings is 1. The monoisotopic (exact) mass is 453 g/mol. The van der Waals surface area contributed by atoms with Crippen LogP contribution in [0, 0.1) is 5.92 Å². The van der Waals surface area contributed by atoms with Gasteiger partial charge in [0.15, 0.2) is 6.61 Å². The van der Waals surface area contributed by atoms with Gasteiger partial charge in [0.05, 0.1) is 12.0 Å². The van der Waals surface area contributed by atoms with Crippen molar-refractivity contribution in [3.8, 4) is 5.19 Å². The summed E-state index contributed by atoms with van der Waals surface area (Å²) in [5.41, 5.74) is 0.977. The summed E-state index contributed by atoms with van der Waals surface area (Å²) in [7, 11) is 0. The first-order chi connectivity index (χ1) is 15.0. The Morgan fingerprint density at radius 3 is 2.90 bits per heavy atom. The smallest absolute Gasteiger partial charge is 0.273 e. The second kappa shape index (κ2) is 10.5. The number of hydrogen-bond acceptors (Lipinski definition) is 6. The van der Waals surface area contributed by atoms with E-state index in [-0.39, 0.29) is 11.9 Å². The standard InChI is InChI=1S/C21H29F2N5O2S/c22-19(23)13-30-21-26-17-11-27(9-6-18(17)31-21)8-5-15-1-3-16(4-2-15)25-20(29)12-28-10-7-24-14-28/h7,10,14-16,19H,1-6,8-9,11-13H2,(H,25,29)/t15-,16-. The molecule has 3 heterocycles. The summed E-state index contributed by atoms with van der Waals surface area (Å²) in [5.74, 6) is 0.731. The van der Waals surface area contributed by atoms with Crippen LogP contribution in [-0.2, 0) is 24.3 Å². The first-order valence-electron chi connectivity index (χ1n) is 10.9. The molecule has 1 fully saturated rings. The van der Waals surface area contributed by atoms with E-state index in [1.54, 1.807) is 23.3 Å². The third-order valence-corrected chi connectivity index (χ3v) is 7.14. The summed E-state index contributed by atoms with van der Waals surface area (Å²) in [6.45, 7) is 2.49. The summed E-state index contributed by atoms with van der Waals surface area (Å²) >= 11 is 1.40. The molecule has 1 amide bonds. The van der Waals surface area contributed by atoms with Crippen LogP contribution < -0.4 is 10.1 Å². The second-order valence-corrected chi connectivity index (χ2v) is 9.43. The first-order valence-corrected chi connectivity index (χ1v) is 11.7. The van der Waals surface area contributed by atoms with Crippen molar-refractivity contribution in [3.05, 3.63) is 29.3 Å². The molecule has 0 saturated heterocycles. The van der Waals surface area contributed by atoms with E-state index in [0.717, 1.165) is 68.7 Å². The fourth-order valence-electron chi connectivity index (χ4n) is 4.40. The van der Waals surface area contributed by atoms with E-state index >= 15 is 0 Å². The average molecular weight is 454 g/mol. The zero-order valence-corrected chi connectivity index (χ0v) is 18.3. The second-order valence-electron chi connectivity index (χ2n) is 8.39. The van der Waals surface area contributed by atoms with Crippen LogP contribution in [0.2, 0.25) is 0 Å². The largest absolute Gasteiger partial charge is 0.464 e. The van der Waals surface area contributed by atoms with Crippen molar-refractivity contribution in [2.24, 2.45) is 5.92 Å². The number of nitrogens with one attached hydrogen (secondary N) is 1. The predicted octanol–water partition coefficient (Wildman–Crippen LogP) is 3.11. The number of rotatable bonds is 9. The predicted molar refractivity (Wildman–Crippen MR) is 113 cm³/mol. The van der Waals surface area contributed by atoms with Gasteiger partial charge in [-0.1, -0.05) is 11.3 Å². The first kappa shape index (κ1) is 22.1. The van der Waals surface area contributed by atoms with Crippen LogP contribution in [0.3, 0.4) is 0 Å². The summed E-state index contributed by atoms with van der Waals surface area (Å²) in [4.78, 5) is 24.1.